The van der Waals surface area contributed by atoms with Gasteiger partial charge < -0.3 is 15.4 Å². The quantitative estimate of drug-likeness (QED) is 0.709. The van der Waals surface area contributed by atoms with Crippen LogP contribution in [0, 0.1) is 5.82 Å². The van der Waals surface area contributed by atoms with E-state index < -0.39 is 30.3 Å². The van der Waals surface area contributed by atoms with Crippen LogP contribution in [0.25, 0.3) is 0 Å². The van der Waals surface area contributed by atoms with Gasteiger partial charge in [0.1, 0.15) is 17.2 Å². The average molecular weight is 346 g/mol. The molecule has 3 N–H and O–H groups in total. The summed E-state index contributed by atoms with van der Waals surface area (Å²) in [6, 6.07) is 8.07. The minimum Gasteiger partial charge on any atom is -0.452 e. The zero-order chi connectivity index (χ0) is 18.2. The molecule has 1 aromatic heterocycles. The maximum Gasteiger partial charge on any atom is 0.342 e. The van der Waals surface area contributed by atoms with E-state index in [9.17, 15) is 18.8 Å². The topological polar surface area (TPSA) is 109 Å². The third kappa shape index (κ3) is 4.99. The van der Waals surface area contributed by atoms with Gasteiger partial charge in [0.25, 0.3) is 5.91 Å². The van der Waals surface area contributed by atoms with E-state index in [1.807, 2.05) is 5.32 Å². The molecule has 3 amide bonds. The first-order valence-corrected chi connectivity index (χ1v) is 7.16. The minimum atomic E-state index is -0.848. The molecule has 0 bridgehead atoms. The first-order chi connectivity index (χ1) is 12.0. The summed E-state index contributed by atoms with van der Waals surface area (Å²) in [5, 5.41) is 6.84. The highest BCUT2D eigenvalue weighted by Gasteiger charge is 2.17. The fraction of sp³-hybridized carbons (Fsp3) is 0.125. The van der Waals surface area contributed by atoms with Crippen molar-refractivity contribution in [2.75, 3.05) is 19.0 Å². The second-order valence-corrected chi connectivity index (χ2v) is 4.71. The third-order valence-electron chi connectivity index (χ3n) is 2.97. The van der Waals surface area contributed by atoms with Crippen LogP contribution in [0.1, 0.15) is 10.4 Å². The fourth-order valence-corrected chi connectivity index (χ4v) is 1.79. The van der Waals surface area contributed by atoms with Crippen molar-refractivity contribution < 1.29 is 23.5 Å². The van der Waals surface area contributed by atoms with Gasteiger partial charge in [0, 0.05) is 13.2 Å². The van der Waals surface area contributed by atoms with Gasteiger partial charge in [-0.2, -0.15) is 0 Å². The van der Waals surface area contributed by atoms with E-state index in [1.165, 1.54) is 43.6 Å². The van der Waals surface area contributed by atoms with Crippen LogP contribution >= 0.6 is 0 Å². The minimum absolute atomic E-state index is 0.0125. The Balaban J connectivity index is 2.07. The molecule has 0 aliphatic rings. The predicted molar refractivity (Wildman–Crippen MR) is 86.8 cm³/mol. The highest BCUT2D eigenvalue weighted by molar-refractivity contribution is 5.98. The van der Waals surface area contributed by atoms with Crippen molar-refractivity contribution in [3.63, 3.8) is 0 Å². The number of benzene rings is 1. The maximum absolute atomic E-state index is 13.7. The SMILES string of the molecule is CNC(=O)NC(=O)COC(=O)c1cccnc1Nc1ccccc1F. The first-order valence-electron chi connectivity index (χ1n) is 7.16. The summed E-state index contributed by atoms with van der Waals surface area (Å²) in [6.45, 7) is -0.652. The number of carbonyl (C=O) groups is 3. The number of pyridine rings is 1. The number of hydrogen-bond acceptors (Lipinski definition) is 6. The van der Waals surface area contributed by atoms with E-state index in [0.717, 1.165) is 0 Å². The number of para-hydroxylation sites is 1. The van der Waals surface area contributed by atoms with Gasteiger partial charge in [-0.15, -0.1) is 0 Å². The largest absolute Gasteiger partial charge is 0.452 e. The Kier molecular flexibility index (Phi) is 5.99. The van der Waals surface area contributed by atoms with Gasteiger partial charge in [0.15, 0.2) is 6.61 Å². The predicted octanol–water partition coefficient (Wildman–Crippen LogP) is 1.58. The molecule has 0 atom stereocenters. The molecule has 0 spiro atoms. The summed E-state index contributed by atoms with van der Waals surface area (Å²) in [4.78, 5) is 38.5. The van der Waals surface area contributed by atoms with Crippen LogP contribution < -0.4 is 16.0 Å². The number of carbonyl (C=O) groups excluding carboxylic acids is 3. The number of hydrogen-bond donors (Lipinski definition) is 3. The standard InChI is InChI=1S/C16H15FN4O4/c1-18-16(24)21-13(22)9-25-15(23)10-5-4-8-19-14(10)20-12-7-3-2-6-11(12)17/h2-8H,9H2,1H3,(H,19,20)(H2,18,21,22,24). The zero-order valence-electron chi connectivity index (χ0n) is 13.2. The number of ether oxygens (including phenoxy) is 1. The molecule has 8 nitrogen and oxygen atoms in total. The Morgan fingerprint density at radius 3 is 2.64 bits per heavy atom. The Hall–Kier alpha value is -3.49. The van der Waals surface area contributed by atoms with Gasteiger partial charge in [0.2, 0.25) is 0 Å². The van der Waals surface area contributed by atoms with Gasteiger partial charge in [-0.25, -0.2) is 19.0 Å². The van der Waals surface area contributed by atoms with Crippen molar-refractivity contribution in [3.05, 3.63) is 54.0 Å². The van der Waals surface area contributed by atoms with E-state index in [1.54, 1.807) is 6.07 Å². The van der Waals surface area contributed by atoms with Crippen LogP contribution in [-0.2, 0) is 9.53 Å². The van der Waals surface area contributed by atoms with E-state index in [4.69, 9.17) is 4.74 Å². The van der Waals surface area contributed by atoms with Crippen LogP contribution in [0.4, 0.5) is 20.7 Å². The number of rotatable bonds is 5. The van der Waals surface area contributed by atoms with Crippen molar-refractivity contribution in [2.45, 2.75) is 0 Å². The Morgan fingerprint density at radius 1 is 1.16 bits per heavy atom. The molecule has 0 fully saturated rings. The molecule has 0 saturated carbocycles. The Morgan fingerprint density at radius 2 is 1.92 bits per heavy atom. The first kappa shape index (κ1) is 17.9. The lowest BCUT2D eigenvalue weighted by molar-refractivity contribution is -0.123. The summed E-state index contributed by atoms with van der Waals surface area (Å²) in [6.07, 6.45) is 1.41. The molecule has 0 saturated heterocycles. The number of urea groups is 1. The molecule has 2 aromatic rings. The molecule has 0 radical (unpaired) electrons. The summed E-state index contributed by atoms with van der Waals surface area (Å²) in [7, 11) is 1.34. The van der Waals surface area contributed by atoms with Gasteiger partial charge in [-0.05, 0) is 24.3 Å². The number of halogens is 1. The second-order valence-electron chi connectivity index (χ2n) is 4.71. The second kappa shape index (κ2) is 8.39. The number of aromatic nitrogens is 1. The van der Waals surface area contributed by atoms with Crippen LogP contribution in [0.3, 0.4) is 0 Å². The molecule has 130 valence electrons. The van der Waals surface area contributed by atoms with Gasteiger partial charge in [-0.3, -0.25) is 10.1 Å². The molecular formula is C16H15FN4O4. The Labute approximate surface area is 142 Å². The lowest BCUT2D eigenvalue weighted by atomic mass is 10.2. The van der Waals surface area contributed by atoms with Crippen molar-refractivity contribution in [2.24, 2.45) is 0 Å². The van der Waals surface area contributed by atoms with Crippen LogP contribution in [-0.4, -0.2) is 36.5 Å². The van der Waals surface area contributed by atoms with Gasteiger partial charge in [-0.1, -0.05) is 12.1 Å². The molecule has 1 heterocycles. The summed E-state index contributed by atoms with van der Waals surface area (Å²) < 4.78 is 18.6. The number of imide groups is 1. The highest BCUT2D eigenvalue weighted by atomic mass is 19.1. The van der Waals surface area contributed by atoms with Crippen molar-refractivity contribution in [1.29, 1.82) is 0 Å². The fourth-order valence-electron chi connectivity index (χ4n) is 1.79. The molecule has 9 heteroatoms. The average Bonchev–Trinajstić information content (AvgIpc) is 2.62. The summed E-state index contributed by atoms with van der Waals surface area (Å²) >= 11 is 0. The van der Waals surface area contributed by atoms with Gasteiger partial charge >= 0.3 is 12.0 Å². The van der Waals surface area contributed by atoms with Crippen molar-refractivity contribution >= 4 is 29.4 Å². The smallest absolute Gasteiger partial charge is 0.342 e. The molecule has 1 aromatic carbocycles. The third-order valence-corrected chi connectivity index (χ3v) is 2.97. The maximum atomic E-state index is 13.7. The van der Waals surface area contributed by atoms with Crippen LogP contribution in [0.2, 0.25) is 0 Å². The molecule has 0 aliphatic carbocycles. The molecule has 25 heavy (non-hydrogen) atoms. The van der Waals surface area contributed by atoms with Crippen molar-refractivity contribution in [1.82, 2.24) is 15.6 Å². The van der Waals surface area contributed by atoms with Gasteiger partial charge in [0.05, 0.1) is 5.69 Å². The highest BCUT2D eigenvalue weighted by Crippen LogP contribution is 2.21. The number of amides is 3. The number of esters is 1. The lowest BCUT2D eigenvalue weighted by Gasteiger charge is -2.11. The normalized spacial score (nSPS) is 9.84. The molecule has 0 aliphatic heterocycles. The molecular weight excluding hydrogens is 331 g/mol. The number of nitrogens with one attached hydrogen (secondary N) is 3. The van der Waals surface area contributed by atoms with Crippen LogP contribution in [0.15, 0.2) is 42.6 Å². The van der Waals surface area contributed by atoms with Crippen LogP contribution in [0.5, 0.6) is 0 Å². The van der Waals surface area contributed by atoms with E-state index in [2.05, 4.69) is 15.6 Å². The van der Waals surface area contributed by atoms with E-state index >= 15 is 0 Å². The summed E-state index contributed by atoms with van der Waals surface area (Å²) in [5.74, 6) is -2.08. The number of nitrogens with zero attached hydrogens (tertiary/aromatic N) is 1. The molecule has 0 unspecified atom stereocenters. The monoisotopic (exact) mass is 346 g/mol. The molecule has 2 rings (SSSR count). The summed E-state index contributed by atoms with van der Waals surface area (Å²) in [5.41, 5.74) is 0.145. The Bertz CT molecular complexity index is 797. The zero-order valence-corrected chi connectivity index (χ0v) is 13.2. The van der Waals surface area contributed by atoms with E-state index in [0.29, 0.717) is 0 Å². The lowest BCUT2D eigenvalue weighted by Crippen LogP contribution is -2.39. The number of anilines is 2. The van der Waals surface area contributed by atoms with Crippen molar-refractivity contribution in [3.8, 4) is 0 Å². The van der Waals surface area contributed by atoms with E-state index in [-0.39, 0.29) is 17.1 Å².